The summed E-state index contributed by atoms with van der Waals surface area (Å²) in [7, 11) is 3.31. The van der Waals surface area contributed by atoms with Crippen molar-refractivity contribution < 1.29 is 14.3 Å². The van der Waals surface area contributed by atoms with Crippen molar-refractivity contribution in [2.75, 3.05) is 20.7 Å². The highest BCUT2D eigenvalue weighted by atomic mass is 16.5. The molecule has 2 heterocycles. The monoisotopic (exact) mass is 363 g/mol. The summed E-state index contributed by atoms with van der Waals surface area (Å²) in [6, 6.07) is 16.6. The number of nitrogens with zero attached hydrogens (tertiary/aromatic N) is 2. The second-order valence-electron chi connectivity index (χ2n) is 6.72. The molecule has 1 N–H and O–H groups in total. The maximum Gasteiger partial charge on any atom is 0.322 e. The number of carbonyl (C=O) groups is 2. The van der Waals surface area contributed by atoms with Gasteiger partial charge in [-0.05, 0) is 23.3 Å². The number of benzene rings is 2. The summed E-state index contributed by atoms with van der Waals surface area (Å²) in [5.41, 5.74) is 3.33. The van der Waals surface area contributed by atoms with Gasteiger partial charge in [0.2, 0.25) is 0 Å². The Hall–Kier alpha value is -3.28. The van der Waals surface area contributed by atoms with Crippen LogP contribution in [-0.2, 0) is 11.3 Å². The second-order valence-corrected chi connectivity index (χ2v) is 6.72. The first-order chi connectivity index (χ1) is 13.1. The van der Waals surface area contributed by atoms with E-state index in [4.69, 9.17) is 4.74 Å². The van der Waals surface area contributed by atoms with Crippen molar-refractivity contribution in [1.82, 2.24) is 15.1 Å². The first-order valence-electron chi connectivity index (χ1n) is 8.83. The Balaban J connectivity index is 1.66. The van der Waals surface area contributed by atoms with Crippen LogP contribution in [-0.4, -0.2) is 42.4 Å². The lowest BCUT2D eigenvalue weighted by molar-refractivity contribution is -0.126. The molecule has 6 nitrogen and oxygen atoms in total. The average molecular weight is 363 g/mol. The minimum Gasteiger partial charge on any atom is -0.497 e. The number of hydrogen-bond donors (Lipinski definition) is 1. The van der Waals surface area contributed by atoms with Crippen LogP contribution in [0.4, 0.5) is 4.79 Å². The zero-order chi connectivity index (χ0) is 19.0. The standard InChI is InChI=1S/C21H21N3O3/c1-23-17-13-24(12-14-6-4-3-5-7-14)20(25)18(17)19(22-21(23)26)15-8-10-16(27-2)11-9-15/h3-11,19H,12-13H2,1-2H3,(H,22,26). The van der Waals surface area contributed by atoms with Gasteiger partial charge in [0.1, 0.15) is 5.75 Å². The zero-order valence-corrected chi connectivity index (χ0v) is 15.3. The lowest BCUT2D eigenvalue weighted by atomic mass is 9.95. The summed E-state index contributed by atoms with van der Waals surface area (Å²) in [5, 5.41) is 2.95. The van der Waals surface area contributed by atoms with Crippen LogP contribution in [0.1, 0.15) is 17.2 Å². The highest BCUT2D eigenvalue weighted by Gasteiger charge is 2.42. The number of rotatable bonds is 4. The topological polar surface area (TPSA) is 61.9 Å². The third-order valence-electron chi connectivity index (χ3n) is 5.10. The molecule has 0 spiro atoms. The lowest BCUT2D eigenvalue weighted by Crippen LogP contribution is -2.45. The fraction of sp³-hybridized carbons (Fsp3) is 0.238. The van der Waals surface area contributed by atoms with E-state index in [0.717, 1.165) is 22.6 Å². The van der Waals surface area contributed by atoms with Crippen LogP contribution in [0.25, 0.3) is 0 Å². The normalized spacial score (nSPS) is 19.3. The summed E-state index contributed by atoms with van der Waals surface area (Å²) in [6.45, 7) is 0.948. The molecule has 0 fully saturated rings. The molecule has 0 aromatic heterocycles. The molecule has 2 aromatic carbocycles. The number of nitrogens with one attached hydrogen (secondary N) is 1. The molecule has 2 aliphatic rings. The van der Waals surface area contributed by atoms with E-state index in [2.05, 4.69) is 5.32 Å². The minimum atomic E-state index is -0.456. The van der Waals surface area contributed by atoms with E-state index in [1.54, 1.807) is 19.1 Å². The predicted octanol–water partition coefficient (Wildman–Crippen LogP) is 2.69. The molecule has 0 radical (unpaired) electrons. The Kier molecular flexibility index (Phi) is 4.32. The van der Waals surface area contributed by atoms with Crippen molar-refractivity contribution in [3.05, 3.63) is 77.0 Å². The van der Waals surface area contributed by atoms with Crippen LogP contribution in [0.2, 0.25) is 0 Å². The van der Waals surface area contributed by atoms with E-state index in [-0.39, 0.29) is 11.9 Å². The molecule has 1 unspecified atom stereocenters. The molecule has 0 bridgehead atoms. The van der Waals surface area contributed by atoms with Crippen molar-refractivity contribution in [2.45, 2.75) is 12.6 Å². The highest BCUT2D eigenvalue weighted by Crippen LogP contribution is 2.36. The molecule has 0 saturated heterocycles. The molecular formula is C21H21N3O3. The lowest BCUT2D eigenvalue weighted by Gasteiger charge is -2.31. The number of urea groups is 1. The molecule has 2 aromatic rings. The Morgan fingerprint density at radius 3 is 2.44 bits per heavy atom. The van der Waals surface area contributed by atoms with Gasteiger partial charge in [-0.1, -0.05) is 42.5 Å². The van der Waals surface area contributed by atoms with Crippen molar-refractivity contribution in [2.24, 2.45) is 0 Å². The smallest absolute Gasteiger partial charge is 0.322 e. The molecule has 0 saturated carbocycles. The minimum absolute atomic E-state index is 0.0403. The Labute approximate surface area is 158 Å². The van der Waals surface area contributed by atoms with E-state index >= 15 is 0 Å². The number of likely N-dealkylation sites (N-methyl/N-ethyl adjacent to an activating group) is 1. The first kappa shape index (κ1) is 17.1. The highest BCUT2D eigenvalue weighted by molar-refractivity contribution is 6.01. The van der Waals surface area contributed by atoms with Gasteiger partial charge in [-0.3, -0.25) is 9.69 Å². The van der Waals surface area contributed by atoms with Crippen LogP contribution in [0.15, 0.2) is 65.9 Å². The third-order valence-corrected chi connectivity index (χ3v) is 5.10. The van der Waals surface area contributed by atoms with Crippen LogP contribution in [0.5, 0.6) is 5.75 Å². The molecule has 2 aliphatic heterocycles. The van der Waals surface area contributed by atoms with Crippen molar-refractivity contribution in [3.8, 4) is 5.75 Å². The fourth-order valence-electron chi connectivity index (χ4n) is 3.60. The van der Waals surface area contributed by atoms with E-state index in [9.17, 15) is 9.59 Å². The van der Waals surface area contributed by atoms with Crippen molar-refractivity contribution >= 4 is 11.9 Å². The van der Waals surface area contributed by atoms with E-state index in [1.807, 2.05) is 54.6 Å². The molecule has 3 amide bonds. The van der Waals surface area contributed by atoms with Crippen molar-refractivity contribution in [3.63, 3.8) is 0 Å². The summed E-state index contributed by atoms with van der Waals surface area (Å²) in [4.78, 5) is 28.9. The maximum atomic E-state index is 13.2. The van der Waals surface area contributed by atoms with Gasteiger partial charge in [-0.15, -0.1) is 0 Å². The van der Waals surface area contributed by atoms with Gasteiger partial charge < -0.3 is 15.0 Å². The van der Waals surface area contributed by atoms with Gasteiger partial charge in [-0.2, -0.15) is 0 Å². The Morgan fingerprint density at radius 1 is 1.07 bits per heavy atom. The Bertz CT molecular complexity index is 906. The van der Waals surface area contributed by atoms with Gasteiger partial charge in [0.15, 0.2) is 0 Å². The van der Waals surface area contributed by atoms with Crippen LogP contribution < -0.4 is 10.1 Å². The molecule has 0 aliphatic carbocycles. The summed E-state index contributed by atoms with van der Waals surface area (Å²) in [6.07, 6.45) is 0. The third kappa shape index (κ3) is 3.03. The molecule has 6 heteroatoms. The van der Waals surface area contributed by atoms with E-state index in [1.165, 1.54) is 4.90 Å². The second kappa shape index (κ2) is 6.79. The molecule has 27 heavy (non-hydrogen) atoms. The van der Waals surface area contributed by atoms with E-state index in [0.29, 0.717) is 18.7 Å². The molecule has 4 rings (SSSR count). The van der Waals surface area contributed by atoms with Crippen LogP contribution in [0, 0.1) is 0 Å². The van der Waals surface area contributed by atoms with Crippen LogP contribution >= 0.6 is 0 Å². The molecule has 138 valence electrons. The SMILES string of the molecule is COc1ccc(C2NC(=O)N(C)C3=C2C(=O)N(Cc2ccccc2)C3)cc1. The number of methoxy groups -OCH3 is 1. The van der Waals surface area contributed by atoms with Gasteiger partial charge in [0.05, 0.1) is 31.0 Å². The van der Waals surface area contributed by atoms with Crippen molar-refractivity contribution in [1.29, 1.82) is 0 Å². The predicted molar refractivity (Wildman–Crippen MR) is 101 cm³/mol. The largest absolute Gasteiger partial charge is 0.497 e. The Morgan fingerprint density at radius 2 is 1.78 bits per heavy atom. The summed E-state index contributed by atoms with van der Waals surface area (Å²) in [5.74, 6) is 0.692. The van der Waals surface area contributed by atoms with Crippen LogP contribution in [0.3, 0.4) is 0 Å². The summed E-state index contributed by atoms with van der Waals surface area (Å²) >= 11 is 0. The van der Waals surface area contributed by atoms with Gasteiger partial charge in [0.25, 0.3) is 5.91 Å². The number of hydrogen-bond acceptors (Lipinski definition) is 3. The quantitative estimate of drug-likeness (QED) is 0.909. The molecule has 1 atom stereocenters. The summed E-state index contributed by atoms with van der Waals surface area (Å²) < 4.78 is 5.20. The zero-order valence-electron chi connectivity index (χ0n) is 15.3. The number of amides is 3. The first-order valence-corrected chi connectivity index (χ1v) is 8.83. The molecular weight excluding hydrogens is 342 g/mol. The van der Waals surface area contributed by atoms with Gasteiger partial charge in [-0.25, -0.2) is 4.79 Å². The average Bonchev–Trinajstić information content (AvgIpc) is 3.02. The van der Waals surface area contributed by atoms with E-state index < -0.39 is 6.04 Å². The van der Waals surface area contributed by atoms with Gasteiger partial charge in [0, 0.05) is 13.6 Å². The fourth-order valence-corrected chi connectivity index (χ4v) is 3.60. The number of carbonyl (C=O) groups excluding carboxylic acids is 2. The van der Waals surface area contributed by atoms with Gasteiger partial charge >= 0.3 is 6.03 Å². The number of ether oxygens (including phenoxy) is 1. The maximum absolute atomic E-state index is 13.2.